The summed E-state index contributed by atoms with van der Waals surface area (Å²) in [4.78, 5) is 12.2. The minimum Gasteiger partial charge on any atom is -0.497 e. The Hall–Kier alpha value is -1.75. The van der Waals surface area contributed by atoms with Gasteiger partial charge in [0.1, 0.15) is 11.5 Å². The summed E-state index contributed by atoms with van der Waals surface area (Å²) in [6, 6.07) is 5.47. The van der Waals surface area contributed by atoms with Gasteiger partial charge in [-0.2, -0.15) is 0 Å². The van der Waals surface area contributed by atoms with Crippen LogP contribution in [0.15, 0.2) is 18.2 Å². The van der Waals surface area contributed by atoms with Crippen LogP contribution in [0.25, 0.3) is 0 Å². The minimum atomic E-state index is -0.0242. The zero-order valence-corrected chi connectivity index (χ0v) is 12.7. The van der Waals surface area contributed by atoms with Crippen molar-refractivity contribution in [1.29, 1.82) is 0 Å². The fraction of sp³-hybridized carbons (Fsp3) is 0.562. The Morgan fingerprint density at radius 1 is 1.29 bits per heavy atom. The standard InChI is InChI=1S/C16H24N2O3/c1-20-12-7-8-15(21-2)14(10-12)18-16(19)9-11-5-3-4-6-13(11)17/h7-8,10-11,13H,3-6,9,17H2,1-2H3,(H,18,19). The van der Waals surface area contributed by atoms with Gasteiger partial charge in [-0.3, -0.25) is 4.79 Å². The van der Waals surface area contributed by atoms with Crippen molar-refractivity contribution in [2.45, 2.75) is 38.1 Å². The SMILES string of the molecule is COc1ccc(OC)c(NC(=O)CC2CCCCC2N)c1. The lowest BCUT2D eigenvalue weighted by molar-refractivity contribution is -0.117. The fourth-order valence-electron chi connectivity index (χ4n) is 2.84. The maximum absolute atomic E-state index is 12.2. The third-order valence-electron chi connectivity index (χ3n) is 4.10. The van der Waals surface area contributed by atoms with Gasteiger partial charge >= 0.3 is 0 Å². The summed E-state index contributed by atoms with van der Waals surface area (Å²) in [5, 5.41) is 2.90. The van der Waals surface area contributed by atoms with Crippen LogP contribution in [0.1, 0.15) is 32.1 Å². The molecular weight excluding hydrogens is 268 g/mol. The van der Waals surface area contributed by atoms with E-state index in [-0.39, 0.29) is 17.9 Å². The Bertz CT molecular complexity index is 490. The van der Waals surface area contributed by atoms with Crippen molar-refractivity contribution < 1.29 is 14.3 Å². The summed E-state index contributed by atoms with van der Waals surface area (Å²) in [6.45, 7) is 0. The second-order valence-corrected chi connectivity index (χ2v) is 5.53. The van der Waals surface area contributed by atoms with Crippen molar-refractivity contribution in [3.8, 4) is 11.5 Å². The van der Waals surface area contributed by atoms with Crippen LogP contribution in [-0.2, 0) is 4.79 Å². The van der Waals surface area contributed by atoms with Crippen LogP contribution < -0.4 is 20.5 Å². The highest BCUT2D eigenvalue weighted by molar-refractivity contribution is 5.92. The van der Waals surface area contributed by atoms with Crippen LogP contribution >= 0.6 is 0 Å². The number of nitrogens with one attached hydrogen (secondary N) is 1. The topological polar surface area (TPSA) is 73.6 Å². The highest BCUT2D eigenvalue weighted by Crippen LogP contribution is 2.30. The summed E-state index contributed by atoms with van der Waals surface area (Å²) < 4.78 is 10.4. The maximum atomic E-state index is 12.2. The predicted molar refractivity (Wildman–Crippen MR) is 82.7 cm³/mol. The van der Waals surface area contributed by atoms with Crippen LogP contribution in [0.2, 0.25) is 0 Å². The quantitative estimate of drug-likeness (QED) is 0.874. The summed E-state index contributed by atoms with van der Waals surface area (Å²) in [5.41, 5.74) is 6.73. The first-order chi connectivity index (χ1) is 10.1. The maximum Gasteiger partial charge on any atom is 0.224 e. The number of anilines is 1. The third kappa shape index (κ3) is 4.11. The van der Waals surface area contributed by atoms with Gasteiger partial charge in [0, 0.05) is 18.5 Å². The Morgan fingerprint density at radius 2 is 2.05 bits per heavy atom. The summed E-state index contributed by atoms with van der Waals surface area (Å²) in [7, 11) is 3.17. The second kappa shape index (κ2) is 7.31. The molecule has 21 heavy (non-hydrogen) atoms. The zero-order valence-electron chi connectivity index (χ0n) is 12.7. The molecule has 1 aromatic carbocycles. The van der Waals surface area contributed by atoms with E-state index in [2.05, 4.69) is 5.32 Å². The number of amides is 1. The van der Waals surface area contributed by atoms with Crippen molar-refractivity contribution >= 4 is 11.6 Å². The molecule has 116 valence electrons. The first kappa shape index (κ1) is 15.6. The van der Waals surface area contributed by atoms with E-state index in [9.17, 15) is 4.79 Å². The highest BCUT2D eigenvalue weighted by Gasteiger charge is 2.24. The van der Waals surface area contributed by atoms with Crippen LogP contribution in [0.5, 0.6) is 11.5 Å². The Balaban J connectivity index is 2.01. The Morgan fingerprint density at radius 3 is 2.71 bits per heavy atom. The molecule has 1 aromatic rings. The number of methoxy groups -OCH3 is 2. The molecule has 0 aromatic heterocycles. The minimum absolute atomic E-state index is 0.0242. The van der Waals surface area contributed by atoms with Gasteiger partial charge in [-0.15, -0.1) is 0 Å². The van der Waals surface area contributed by atoms with Crippen LogP contribution in [0.4, 0.5) is 5.69 Å². The molecule has 0 radical (unpaired) electrons. The average Bonchev–Trinajstić information content (AvgIpc) is 2.49. The number of hydrogen-bond donors (Lipinski definition) is 2. The molecule has 0 heterocycles. The lowest BCUT2D eigenvalue weighted by atomic mass is 9.83. The number of carbonyl (C=O) groups is 1. The number of rotatable bonds is 5. The largest absolute Gasteiger partial charge is 0.497 e. The molecule has 1 saturated carbocycles. The van der Waals surface area contributed by atoms with Gasteiger partial charge < -0.3 is 20.5 Å². The molecule has 2 rings (SSSR count). The molecule has 5 heteroatoms. The van der Waals surface area contributed by atoms with Crippen molar-refractivity contribution in [2.24, 2.45) is 11.7 Å². The lowest BCUT2D eigenvalue weighted by Crippen LogP contribution is -2.35. The van der Waals surface area contributed by atoms with Gasteiger partial charge in [0.2, 0.25) is 5.91 Å². The van der Waals surface area contributed by atoms with Gasteiger partial charge in [-0.05, 0) is 30.9 Å². The van der Waals surface area contributed by atoms with E-state index >= 15 is 0 Å². The first-order valence-electron chi connectivity index (χ1n) is 7.41. The summed E-state index contributed by atoms with van der Waals surface area (Å²) in [6.07, 6.45) is 4.84. The summed E-state index contributed by atoms with van der Waals surface area (Å²) in [5.74, 6) is 1.55. The molecule has 1 amide bonds. The van der Waals surface area contributed by atoms with Gasteiger partial charge in [-0.1, -0.05) is 12.8 Å². The molecular formula is C16H24N2O3. The van der Waals surface area contributed by atoms with Gasteiger partial charge in [-0.25, -0.2) is 0 Å². The smallest absolute Gasteiger partial charge is 0.224 e. The van der Waals surface area contributed by atoms with E-state index in [4.69, 9.17) is 15.2 Å². The van der Waals surface area contributed by atoms with Crippen molar-refractivity contribution in [3.05, 3.63) is 18.2 Å². The van der Waals surface area contributed by atoms with Gasteiger partial charge in [0.25, 0.3) is 0 Å². The van der Waals surface area contributed by atoms with Crippen LogP contribution in [0, 0.1) is 5.92 Å². The molecule has 0 bridgehead atoms. The van der Waals surface area contributed by atoms with E-state index in [1.165, 1.54) is 6.42 Å². The van der Waals surface area contributed by atoms with Gasteiger partial charge in [0.15, 0.2) is 0 Å². The molecule has 2 atom stereocenters. The molecule has 1 fully saturated rings. The van der Waals surface area contributed by atoms with Crippen LogP contribution in [-0.4, -0.2) is 26.2 Å². The van der Waals surface area contributed by atoms with Gasteiger partial charge in [0.05, 0.1) is 19.9 Å². The van der Waals surface area contributed by atoms with Crippen molar-refractivity contribution in [3.63, 3.8) is 0 Å². The number of carbonyl (C=O) groups excluding carboxylic acids is 1. The molecule has 2 unspecified atom stereocenters. The number of benzene rings is 1. The van der Waals surface area contributed by atoms with E-state index in [0.29, 0.717) is 23.6 Å². The first-order valence-corrected chi connectivity index (χ1v) is 7.41. The Labute approximate surface area is 125 Å². The molecule has 1 aliphatic rings. The molecule has 5 nitrogen and oxygen atoms in total. The fourth-order valence-corrected chi connectivity index (χ4v) is 2.84. The lowest BCUT2D eigenvalue weighted by Gasteiger charge is -2.28. The number of hydrogen-bond acceptors (Lipinski definition) is 4. The van der Waals surface area contributed by atoms with E-state index in [1.807, 2.05) is 0 Å². The number of ether oxygens (including phenoxy) is 2. The highest BCUT2D eigenvalue weighted by atomic mass is 16.5. The molecule has 0 saturated heterocycles. The third-order valence-corrected chi connectivity index (χ3v) is 4.10. The molecule has 0 aliphatic heterocycles. The average molecular weight is 292 g/mol. The monoisotopic (exact) mass is 292 g/mol. The van der Waals surface area contributed by atoms with Crippen molar-refractivity contribution in [2.75, 3.05) is 19.5 Å². The number of nitrogens with two attached hydrogens (primary N) is 1. The van der Waals surface area contributed by atoms with E-state index in [0.717, 1.165) is 19.3 Å². The normalized spacial score (nSPS) is 21.7. The predicted octanol–water partition coefficient (Wildman–Crippen LogP) is 2.55. The van der Waals surface area contributed by atoms with E-state index < -0.39 is 0 Å². The Kier molecular flexibility index (Phi) is 5.44. The zero-order chi connectivity index (χ0) is 15.2. The second-order valence-electron chi connectivity index (χ2n) is 5.53. The molecule has 3 N–H and O–H groups in total. The molecule has 1 aliphatic carbocycles. The van der Waals surface area contributed by atoms with Crippen LogP contribution in [0.3, 0.4) is 0 Å². The summed E-state index contributed by atoms with van der Waals surface area (Å²) >= 11 is 0. The molecule has 0 spiro atoms. The van der Waals surface area contributed by atoms with Crippen molar-refractivity contribution in [1.82, 2.24) is 0 Å². The van der Waals surface area contributed by atoms with E-state index in [1.54, 1.807) is 32.4 Å².